The number of hydrogen-bond acceptors (Lipinski definition) is 1. The summed E-state index contributed by atoms with van der Waals surface area (Å²) in [5.74, 6) is 0. The highest BCUT2D eigenvalue weighted by Crippen LogP contribution is 2.22. The second-order valence-corrected chi connectivity index (χ2v) is 7.10. The van der Waals surface area contributed by atoms with Gasteiger partial charge in [0.25, 0.3) is 0 Å². The maximum atomic E-state index is 6.07. The van der Waals surface area contributed by atoms with Crippen molar-refractivity contribution in [1.82, 2.24) is 4.90 Å². The van der Waals surface area contributed by atoms with Gasteiger partial charge in [0.15, 0.2) is 0 Å². The van der Waals surface area contributed by atoms with Gasteiger partial charge in [0.2, 0.25) is 0 Å². The molecule has 0 aromatic heterocycles. The van der Waals surface area contributed by atoms with Crippen molar-refractivity contribution in [3.63, 3.8) is 0 Å². The molecule has 1 unspecified atom stereocenters. The highest BCUT2D eigenvalue weighted by molar-refractivity contribution is 9.09. The summed E-state index contributed by atoms with van der Waals surface area (Å²) in [5, 5.41) is 1.98. The summed E-state index contributed by atoms with van der Waals surface area (Å²) >= 11 is 9.55. The van der Waals surface area contributed by atoms with Crippen molar-refractivity contribution in [3.8, 4) is 0 Å². The van der Waals surface area contributed by atoms with Crippen molar-refractivity contribution < 1.29 is 0 Å². The number of rotatable bonds is 11. The average molecular weight is 375 g/mol. The quantitative estimate of drug-likeness (QED) is 0.317. The Hall–Kier alpha value is -0.0500. The Morgan fingerprint density at radius 2 is 1.67 bits per heavy atom. The van der Waals surface area contributed by atoms with Gasteiger partial charge in [0.05, 0.1) is 0 Å². The molecule has 21 heavy (non-hydrogen) atoms. The Labute approximate surface area is 144 Å². The van der Waals surface area contributed by atoms with E-state index in [2.05, 4.69) is 46.9 Å². The predicted molar refractivity (Wildman–Crippen MR) is 98.6 cm³/mol. The molecule has 0 bridgehead atoms. The first kappa shape index (κ1) is 19.0. The Morgan fingerprint density at radius 3 is 2.29 bits per heavy atom. The molecule has 0 N–H and O–H groups in total. The van der Waals surface area contributed by atoms with Crippen LogP contribution in [0.25, 0.3) is 0 Å². The minimum atomic E-state index is 0.433. The fourth-order valence-electron chi connectivity index (χ4n) is 2.55. The Bertz CT molecular complexity index is 383. The number of unbranched alkanes of at least 4 members (excludes halogenated alkanes) is 6. The first-order valence-corrected chi connectivity index (χ1v) is 9.66. The average Bonchev–Trinajstić information content (AvgIpc) is 2.49. The van der Waals surface area contributed by atoms with Crippen molar-refractivity contribution in [2.75, 3.05) is 18.9 Å². The summed E-state index contributed by atoms with van der Waals surface area (Å²) < 4.78 is 0. The van der Waals surface area contributed by atoms with Gasteiger partial charge < -0.3 is 0 Å². The zero-order chi connectivity index (χ0) is 15.5. The number of nitrogens with zero attached hydrogens (tertiary/aromatic N) is 1. The topological polar surface area (TPSA) is 3.24 Å². The van der Waals surface area contributed by atoms with Crippen molar-refractivity contribution in [2.45, 2.75) is 57.9 Å². The molecule has 0 aliphatic rings. The van der Waals surface area contributed by atoms with Crippen LogP contribution >= 0.6 is 27.5 Å². The van der Waals surface area contributed by atoms with Crippen LogP contribution in [-0.4, -0.2) is 23.8 Å². The second-order valence-electron chi connectivity index (χ2n) is 5.88. The van der Waals surface area contributed by atoms with Gasteiger partial charge in [-0.25, -0.2) is 0 Å². The van der Waals surface area contributed by atoms with E-state index in [0.717, 1.165) is 16.9 Å². The normalized spacial score (nSPS) is 12.8. The maximum Gasteiger partial charge on any atom is 0.0409 e. The van der Waals surface area contributed by atoms with Crippen molar-refractivity contribution in [2.24, 2.45) is 0 Å². The number of hydrogen-bond donors (Lipinski definition) is 0. The standard InChI is InChI=1S/C18H29BrClN/c1-16(17-11-10-12-18(20)15-17)21(2)14-9-7-5-3-4-6-8-13-19/h10-12,15-16H,3-9,13-14H2,1-2H3. The van der Waals surface area contributed by atoms with E-state index >= 15 is 0 Å². The van der Waals surface area contributed by atoms with Crippen LogP contribution in [0.1, 0.15) is 63.5 Å². The fourth-order valence-corrected chi connectivity index (χ4v) is 3.15. The maximum absolute atomic E-state index is 6.07. The number of alkyl halides is 1. The van der Waals surface area contributed by atoms with Crippen molar-refractivity contribution >= 4 is 27.5 Å². The van der Waals surface area contributed by atoms with Gasteiger partial charge in [-0.15, -0.1) is 0 Å². The van der Waals surface area contributed by atoms with Crippen LogP contribution in [0, 0.1) is 0 Å². The molecule has 0 saturated heterocycles. The van der Waals surface area contributed by atoms with Gasteiger partial charge >= 0.3 is 0 Å². The van der Waals surface area contributed by atoms with Gasteiger partial charge in [-0.05, 0) is 51.1 Å². The molecule has 0 amide bonds. The third-order valence-corrected chi connectivity index (χ3v) is 4.93. The van der Waals surface area contributed by atoms with Crippen LogP contribution in [0.4, 0.5) is 0 Å². The van der Waals surface area contributed by atoms with Crippen LogP contribution in [0.5, 0.6) is 0 Å². The molecule has 0 radical (unpaired) electrons. The lowest BCUT2D eigenvalue weighted by Crippen LogP contribution is -2.23. The first-order chi connectivity index (χ1) is 10.1. The van der Waals surface area contributed by atoms with Crippen LogP contribution < -0.4 is 0 Å². The number of halogens is 2. The molecule has 1 aromatic carbocycles. The molecule has 0 fully saturated rings. The molecule has 120 valence electrons. The molecule has 1 atom stereocenters. The summed E-state index contributed by atoms with van der Waals surface area (Å²) in [6.07, 6.45) is 9.49. The SMILES string of the molecule is CC(c1cccc(Cl)c1)N(C)CCCCCCCCCBr. The van der Waals surface area contributed by atoms with E-state index < -0.39 is 0 Å². The molecular weight excluding hydrogens is 346 g/mol. The lowest BCUT2D eigenvalue weighted by atomic mass is 10.1. The molecule has 0 heterocycles. The summed E-state index contributed by atoms with van der Waals surface area (Å²) in [5.41, 5.74) is 1.31. The lowest BCUT2D eigenvalue weighted by molar-refractivity contribution is 0.255. The Balaban J connectivity index is 2.14. The van der Waals surface area contributed by atoms with Gasteiger partial charge in [-0.1, -0.05) is 71.8 Å². The van der Waals surface area contributed by atoms with Gasteiger partial charge in [0, 0.05) is 16.4 Å². The zero-order valence-electron chi connectivity index (χ0n) is 13.5. The Morgan fingerprint density at radius 1 is 1.05 bits per heavy atom. The first-order valence-electron chi connectivity index (χ1n) is 8.17. The zero-order valence-corrected chi connectivity index (χ0v) is 15.8. The van der Waals surface area contributed by atoms with Crippen LogP contribution in [0.15, 0.2) is 24.3 Å². The summed E-state index contributed by atoms with van der Waals surface area (Å²) in [6.45, 7) is 3.42. The summed E-state index contributed by atoms with van der Waals surface area (Å²) in [7, 11) is 2.21. The van der Waals surface area contributed by atoms with Crippen LogP contribution in [0.3, 0.4) is 0 Å². The van der Waals surface area contributed by atoms with E-state index in [9.17, 15) is 0 Å². The molecule has 1 nitrogen and oxygen atoms in total. The molecule has 3 heteroatoms. The lowest BCUT2D eigenvalue weighted by Gasteiger charge is -2.25. The smallest absolute Gasteiger partial charge is 0.0409 e. The largest absolute Gasteiger partial charge is 0.300 e. The fraction of sp³-hybridized carbons (Fsp3) is 0.667. The molecule has 0 spiro atoms. The van der Waals surface area contributed by atoms with E-state index in [4.69, 9.17) is 11.6 Å². The van der Waals surface area contributed by atoms with Crippen molar-refractivity contribution in [3.05, 3.63) is 34.9 Å². The minimum Gasteiger partial charge on any atom is -0.300 e. The molecule has 0 aliphatic heterocycles. The van der Waals surface area contributed by atoms with Crippen LogP contribution in [-0.2, 0) is 0 Å². The molecule has 0 saturated carbocycles. The summed E-state index contributed by atoms with van der Waals surface area (Å²) in [6, 6.07) is 8.65. The van der Waals surface area contributed by atoms with Gasteiger partial charge in [0.1, 0.15) is 0 Å². The third-order valence-electron chi connectivity index (χ3n) is 4.14. The van der Waals surface area contributed by atoms with Gasteiger partial charge in [-0.3, -0.25) is 4.90 Å². The van der Waals surface area contributed by atoms with Gasteiger partial charge in [-0.2, -0.15) is 0 Å². The highest BCUT2D eigenvalue weighted by Gasteiger charge is 2.11. The molecular formula is C18H29BrClN. The minimum absolute atomic E-state index is 0.433. The van der Waals surface area contributed by atoms with Crippen molar-refractivity contribution in [1.29, 1.82) is 0 Å². The molecule has 0 aliphatic carbocycles. The van der Waals surface area contributed by atoms with E-state index in [1.54, 1.807) is 0 Å². The van der Waals surface area contributed by atoms with E-state index in [0.29, 0.717) is 6.04 Å². The third kappa shape index (κ3) is 8.23. The monoisotopic (exact) mass is 373 g/mol. The summed E-state index contributed by atoms with van der Waals surface area (Å²) in [4.78, 5) is 2.43. The van der Waals surface area contributed by atoms with Crippen LogP contribution in [0.2, 0.25) is 5.02 Å². The number of benzene rings is 1. The Kier molecular flexibility index (Phi) is 10.4. The van der Waals surface area contributed by atoms with E-state index in [1.165, 1.54) is 50.5 Å². The second kappa shape index (κ2) is 11.5. The molecule has 1 rings (SSSR count). The predicted octanol–water partition coefficient (Wildman–Crippen LogP) is 6.46. The molecule has 1 aromatic rings. The highest BCUT2D eigenvalue weighted by atomic mass is 79.9. The van der Waals surface area contributed by atoms with E-state index in [-0.39, 0.29) is 0 Å². The van der Waals surface area contributed by atoms with E-state index in [1.807, 2.05) is 12.1 Å².